The van der Waals surface area contributed by atoms with E-state index in [-0.39, 0.29) is 5.41 Å². The molecule has 0 saturated carbocycles. The predicted octanol–water partition coefficient (Wildman–Crippen LogP) is 4.80. The van der Waals surface area contributed by atoms with Crippen LogP contribution in [0.15, 0.2) is 46.6 Å². The fraction of sp³-hybridized carbons (Fsp3) is 0.545. The Hall–Kier alpha value is -1.94. The third-order valence-corrected chi connectivity index (χ3v) is 4.91. The molecule has 4 heteroatoms. The molecule has 4 nitrogen and oxygen atoms in total. The maximum Gasteiger partial charge on any atom is 0.338 e. The zero-order valence-electron chi connectivity index (χ0n) is 16.9. The highest BCUT2D eigenvalue weighted by Gasteiger charge is 2.27. The zero-order chi connectivity index (χ0) is 19.9. The van der Waals surface area contributed by atoms with E-state index in [1.54, 1.807) is 19.1 Å². The van der Waals surface area contributed by atoms with Crippen LogP contribution in [0, 0.1) is 5.41 Å². The summed E-state index contributed by atoms with van der Waals surface area (Å²) in [6, 6.07) is 0. The molecule has 0 heterocycles. The Kier molecular flexibility index (Phi) is 8.22. The predicted molar refractivity (Wildman–Crippen MR) is 104 cm³/mol. The van der Waals surface area contributed by atoms with Gasteiger partial charge in [-0.25, -0.2) is 4.79 Å². The molecule has 0 spiro atoms. The second-order valence-electron chi connectivity index (χ2n) is 7.75. The van der Waals surface area contributed by atoms with Crippen molar-refractivity contribution >= 4 is 11.9 Å². The minimum absolute atomic E-state index is 0.219. The Morgan fingerprint density at radius 2 is 1.92 bits per heavy atom. The first-order valence-electron chi connectivity index (χ1n) is 9.15. The van der Waals surface area contributed by atoms with Crippen LogP contribution in [0.2, 0.25) is 0 Å². The lowest BCUT2D eigenvalue weighted by Gasteiger charge is -2.34. The van der Waals surface area contributed by atoms with Crippen LogP contribution in [-0.4, -0.2) is 23.1 Å². The summed E-state index contributed by atoms with van der Waals surface area (Å²) in [6.45, 7) is 11.6. The summed E-state index contributed by atoms with van der Waals surface area (Å²) in [5.41, 5.74) is 4.65. The average Bonchev–Trinajstić information content (AvgIpc) is 2.50. The standard InChI is InChI=1S/C22H32O4/c1-15(14-21(25)26-18(4)23)9-12-20(24)17(3)10-11-19-16(2)8-7-13-22(19,5)6/h9-10,12,14,20,24H,7-8,11,13H2,1-6H3/b12-9-,15-14-,17-10+. The van der Waals surface area contributed by atoms with Crippen molar-refractivity contribution in [3.63, 3.8) is 0 Å². The van der Waals surface area contributed by atoms with Crippen molar-refractivity contribution in [1.82, 2.24) is 0 Å². The van der Waals surface area contributed by atoms with Crippen LogP contribution in [0.4, 0.5) is 0 Å². The molecule has 0 amide bonds. The summed E-state index contributed by atoms with van der Waals surface area (Å²) in [6.07, 6.45) is 10.3. The summed E-state index contributed by atoms with van der Waals surface area (Å²) < 4.78 is 4.44. The molecule has 0 saturated heterocycles. The highest BCUT2D eigenvalue weighted by atomic mass is 16.6. The second-order valence-corrected chi connectivity index (χ2v) is 7.75. The number of rotatable bonds is 6. The van der Waals surface area contributed by atoms with Gasteiger partial charge >= 0.3 is 11.9 Å². The van der Waals surface area contributed by atoms with Crippen LogP contribution in [-0.2, 0) is 14.3 Å². The molecule has 0 bridgehead atoms. The Balaban J connectivity index is 2.73. The van der Waals surface area contributed by atoms with Gasteiger partial charge in [-0.05, 0) is 63.0 Å². The first-order valence-corrected chi connectivity index (χ1v) is 9.15. The fourth-order valence-electron chi connectivity index (χ4n) is 3.31. The van der Waals surface area contributed by atoms with Crippen molar-refractivity contribution in [2.75, 3.05) is 0 Å². The molecule has 0 aromatic rings. The smallest absolute Gasteiger partial charge is 0.338 e. The molecule has 1 atom stereocenters. The van der Waals surface area contributed by atoms with Gasteiger partial charge in [0.15, 0.2) is 0 Å². The van der Waals surface area contributed by atoms with Crippen molar-refractivity contribution in [2.24, 2.45) is 5.41 Å². The van der Waals surface area contributed by atoms with Crippen LogP contribution in [0.3, 0.4) is 0 Å². The molecule has 1 rings (SSSR count). The number of carbonyl (C=O) groups excluding carboxylic acids is 2. The highest BCUT2D eigenvalue weighted by molar-refractivity contribution is 5.91. The van der Waals surface area contributed by atoms with Crippen molar-refractivity contribution in [2.45, 2.75) is 73.3 Å². The topological polar surface area (TPSA) is 63.6 Å². The van der Waals surface area contributed by atoms with E-state index >= 15 is 0 Å². The van der Waals surface area contributed by atoms with Crippen molar-refractivity contribution in [3.8, 4) is 0 Å². The van der Waals surface area contributed by atoms with Crippen LogP contribution >= 0.6 is 0 Å². The molecule has 0 aliphatic heterocycles. The average molecular weight is 360 g/mol. The summed E-state index contributed by atoms with van der Waals surface area (Å²) in [7, 11) is 0. The Morgan fingerprint density at radius 3 is 2.50 bits per heavy atom. The minimum atomic E-state index is -0.713. The van der Waals surface area contributed by atoms with E-state index in [2.05, 4.69) is 31.6 Å². The van der Waals surface area contributed by atoms with Crippen LogP contribution in [0.25, 0.3) is 0 Å². The lowest BCUT2D eigenvalue weighted by atomic mass is 9.71. The van der Waals surface area contributed by atoms with E-state index in [9.17, 15) is 14.7 Å². The summed E-state index contributed by atoms with van der Waals surface area (Å²) in [5, 5.41) is 10.3. The van der Waals surface area contributed by atoms with Crippen molar-refractivity contribution < 1.29 is 19.4 Å². The van der Waals surface area contributed by atoms with Gasteiger partial charge < -0.3 is 9.84 Å². The molecule has 1 N–H and O–H groups in total. The van der Waals surface area contributed by atoms with E-state index in [1.807, 2.05) is 6.92 Å². The number of ether oxygens (including phenoxy) is 1. The first-order chi connectivity index (χ1) is 12.0. The van der Waals surface area contributed by atoms with Gasteiger partial charge in [0.05, 0.1) is 6.10 Å². The van der Waals surface area contributed by atoms with Crippen LogP contribution < -0.4 is 0 Å². The Morgan fingerprint density at radius 1 is 1.27 bits per heavy atom. The quantitative estimate of drug-likeness (QED) is 0.243. The Labute approximate surface area is 157 Å². The first kappa shape index (κ1) is 22.1. The van der Waals surface area contributed by atoms with Crippen LogP contribution in [0.5, 0.6) is 0 Å². The number of hydrogen-bond donors (Lipinski definition) is 1. The summed E-state index contributed by atoms with van der Waals surface area (Å²) >= 11 is 0. The molecule has 1 aliphatic carbocycles. The van der Waals surface area contributed by atoms with Crippen molar-refractivity contribution in [1.29, 1.82) is 0 Å². The Bertz CT molecular complexity index is 660. The van der Waals surface area contributed by atoms with Gasteiger partial charge in [-0.15, -0.1) is 0 Å². The van der Waals surface area contributed by atoms with Crippen LogP contribution in [0.1, 0.15) is 67.2 Å². The third-order valence-electron chi connectivity index (χ3n) is 4.91. The third kappa shape index (κ3) is 7.12. The minimum Gasteiger partial charge on any atom is -0.390 e. The van der Waals surface area contributed by atoms with E-state index in [4.69, 9.17) is 0 Å². The monoisotopic (exact) mass is 360 g/mol. The molecular formula is C22H32O4. The molecule has 0 radical (unpaired) electrons. The number of carbonyl (C=O) groups is 2. The number of hydrogen-bond acceptors (Lipinski definition) is 4. The molecule has 1 aliphatic rings. The largest absolute Gasteiger partial charge is 0.390 e. The van der Waals surface area contributed by atoms with Gasteiger partial charge in [0.25, 0.3) is 0 Å². The van der Waals surface area contributed by atoms with E-state index in [1.165, 1.54) is 37.0 Å². The molecule has 0 aromatic heterocycles. The van der Waals surface area contributed by atoms with Gasteiger partial charge in [-0.3, -0.25) is 4.79 Å². The van der Waals surface area contributed by atoms with E-state index in [0.29, 0.717) is 5.57 Å². The number of aliphatic hydroxyl groups excluding tert-OH is 1. The molecular weight excluding hydrogens is 328 g/mol. The fourth-order valence-corrected chi connectivity index (χ4v) is 3.31. The van der Waals surface area contributed by atoms with Gasteiger partial charge in [0.2, 0.25) is 0 Å². The van der Waals surface area contributed by atoms with Gasteiger partial charge in [0.1, 0.15) is 0 Å². The molecule has 144 valence electrons. The summed E-state index contributed by atoms with van der Waals surface area (Å²) in [5.74, 6) is -1.35. The van der Waals surface area contributed by atoms with Gasteiger partial charge in [-0.2, -0.15) is 0 Å². The number of esters is 2. The SMILES string of the molecule is CC(=O)OC(=O)/C=C(C)\C=C/C(O)/C(C)=C/CC1=C(C)CCCC1(C)C. The van der Waals surface area contributed by atoms with E-state index in [0.717, 1.165) is 18.4 Å². The van der Waals surface area contributed by atoms with Crippen molar-refractivity contribution in [3.05, 3.63) is 46.6 Å². The summed E-state index contributed by atoms with van der Waals surface area (Å²) in [4.78, 5) is 22.1. The molecule has 26 heavy (non-hydrogen) atoms. The lowest BCUT2D eigenvalue weighted by Crippen LogP contribution is -2.20. The molecule has 0 aromatic carbocycles. The van der Waals surface area contributed by atoms with Gasteiger partial charge in [-0.1, -0.05) is 43.2 Å². The highest BCUT2D eigenvalue weighted by Crippen LogP contribution is 2.42. The molecule has 1 unspecified atom stereocenters. The second kappa shape index (κ2) is 9.67. The zero-order valence-corrected chi connectivity index (χ0v) is 16.9. The number of aliphatic hydroxyl groups is 1. The number of allylic oxidation sites excluding steroid dienone is 5. The van der Waals surface area contributed by atoms with E-state index < -0.39 is 18.0 Å². The van der Waals surface area contributed by atoms with Gasteiger partial charge in [0, 0.05) is 13.0 Å². The maximum absolute atomic E-state index is 11.4. The lowest BCUT2D eigenvalue weighted by molar-refractivity contribution is -0.154. The normalized spacial score (nSPS) is 19.7. The maximum atomic E-state index is 11.4. The molecule has 0 fully saturated rings.